The van der Waals surface area contributed by atoms with Gasteiger partial charge in [0, 0.05) is 54.1 Å². The summed E-state index contributed by atoms with van der Waals surface area (Å²) < 4.78 is 1.92. The van der Waals surface area contributed by atoms with Crippen molar-refractivity contribution in [1.82, 2.24) is 25.2 Å². The molecule has 0 fully saturated rings. The van der Waals surface area contributed by atoms with E-state index in [1.54, 1.807) is 24.5 Å². The number of rotatable bonds is 10. The Labute approximate surface area is 220 Å². The number of phenols is 1. The molecule has 4 rings (SSSR count). The van der Waals surface area contributed by atoms with Crippen LogP contribution in [0.2, 0.25) is 0 Å². The van der Waals surface area contributed by atoms with E-state index < -0.39 is 0 Å². The molecule has 9 nitrogen and oxygen atoms in total. The van der Waals surface area contributed by atoms with Crippen molar-refractivity contribution in [2.45, 2.75) is 25.9 Å². The Morgan fingerprint density at radius 1 is 1.08 bits per heavy atom. The van der Waals surface area contributed by atoms with Crippen LogP contribution in [-0.2, 0) is 4.79 Å². The van der Waals surface area contributed by atoms with Crippen molar-refractivity contribution in [3.8, 4) is 22.8 Å². The van der Waals surface area contributed by atoms with Crippen molar-refractivity contribution in [2.24, 2.45) is 5.10 Å². The molecule has 0 saturated carbocycles. The number of aryl methyl sites for hydroxylation is 1. The first-order valence-corrected chi connectivity index (χ1v) is 12.9. The maximum atomic E-state index is 12.5. The first-order chi connectivity index (χ1) is 18.0. The summed E-state index contributed by atoms with van der Waals surface area (Å²) in [4.78, 5) is 18.7. The summed E-state index contributed by atoms with van der Waals surface area (Å²) in [5.41, 5.74) is 6.88. The summed E-state index contributed by atoms with van der Waals surface area (Å²) in [5, 5.41) is 23.7. The predicted molar refractivity (Wildman–Crippen MR) is 147 cm³/mol. The minimum atomic E-state index is -0.301. The van der Waals surface area contributed by atoms with Crippen molar-refractivity contribution in [1.29, 1.82) is 0 Å². The molecule has 0 unspecified atom stereocenters. The van der Waals surface area contributed by atoms with Crippen LogP contribution >= 0.6 is 11.8 Å². The number of thioether (sulfide) groups is 1. The van der Waals surface area contributed by atoms with Gasteiger partial charge in [0.15, 0.2) is 11.0 Å². The van der Waals surface area contributed by atoms with E-state index in [9.17, 15) is 9.90 Å². The van der Waals surface area contributed by atoms with Gasteiger partial charge < -0.3 is 10.0 Å². The lowest BCUT2D eigenvalue weighted by atomic mass is 10.2. The van der Waals surface area contributed by atoms with Gasteiger partial charge in [-0.3, -0.25) is 14.3 Å². The second kappa shape index (κ2) is 12.2. The molecule has 0 atom stereocenters. The number of pyridine rings is 1. The van der Waals surface area contributed by atoms with Gasteiger partial charge in [0.25, 0.3) is 5.91 Å². The third kappa shape index (κ3) is 6.34. The van der Waals surface area contributed by atoms with Gasteiger partial charge in [-0.2, -0.15) is 5.10 Å². The molecule has 2 aromatic carbocycles. The minimum absolute atomic E-state index is 0.0879. The van der Waals surface area contributed by atoms with E-state index in [1.165, 1.54) is 18.0 Å². The fourth-order valence-corrected chi connectivity index (χ4v) is 4.49. The topological polar surface area (TPSA) is 109 Å². The number of carbonyl (C=O) groups excluding carboxylic acids is 1. The number of carbonyl (C=O) groups is 1. The molecule has 0 bridgehead atoms. The highest BCUT2D eigenvalue weighted by molar-refractivity contribution is 7.99. The smallest absolute Gasteiger partial charge is 0.250 e. The average Bonchev–Trinajstić information content (AvgIpc) is 3.34. The Kier molecular flexibility index (Phi) is 8.52. The molecular formula is C27H29N7O2S. The number of anilines is 1. The number of nitrogens with zero attached hydrogens (tertiary/aromatic N) is 6. The quantitative estimate of drug-likeness (QED) is 0.183. The Hall–Kier alpha value is -4.18. The van der Waals surface area contributed by atoms with Gasteiger partial charge in [-0.1, -0.05) is 29.5 Å². The van der Waals surface area contributed by atoms with E-state index in [1.807, 2.05) is 54.0 Å². The number of aromatic nitrogens is 4. The normalized spacial score (nSPS) is 11.1. The molecular weight excluding hydrogens is 486 g/mol. The fraction of sp³-hybridized carbons (Fsp3) is 0.222. The first kappa shape index (κ1) is 25.9. The van der Waals surface area contributed by atoms with E-state index in [2.05, 4.69) is 44.5 Å². The number of aromatic hydroxyl groups is 1. The molecule has 0 radical (unpaired) electrons. The van der Waals surface area contributed by atoms with Gasteiger partial charge >= 0.3 is 0 Å². The van der Waals surface area contributed by atoms with E-state index in [0.29, 0.717) is 16.5 Å². The first-order valence-electron chi connectivity index (χ1n) is 12.0. The average molecular weight is 516 g/mol. The number of phenolic OH excluding ortho intramolecular Hbond substituents is 1. The fourth-order valence-electron chi connectivity index (χ4n) is 3.74. The number of benzene rings is 2. The molecule has 2 N–H and O–H groups in total. The van der Waals surface area contributed by atoms with Gasteiger partial charge in [-0.15, -0.1) is 10.2 Å². The maximum absolute atomic E-state index is 12.5. The molecule has 0 aliphatic carbocycles. The van der Waals surface area contributed by atoms with Crippen LogP contribution in [-0.4, -0.2) is 55.8 Å². The van der Waals surface area contributed by atoms with E-state index in [-0.39, 0.29) is 17.4 Å². The number of hydrogen-bond donors (Lipinski definition) is 2. The third-order valence-corrected chi connectivity index (χ3v) is 6.66. The standard InChI is InChI=1S/C27H29N7O2S/c1-4-33(5-2)23-11-8-21(24(35)16-23)17-29-30-25(36)18-37-27-32-31-26(20-12-14-28-15-13-20)34(27)22-9-6-19(3)7-10-22/h6-17,35H,4-5,18H2,1-3H3,(H,30,36)/b29-17-. The van der Waals surface area contributed by atoms with Crippen LogP contribution in [0.15, 0.2) is 77.2 Å². The van der Waals surface area contributed by atoms with E-state index >= 15 is 0 Å². The second-order valence-corrected chi connectivity index (χ2v) is 9.15. The maximum Gasteiger partial charge on any atom is 0.250 e. The molecule has 2 heterocycles. The molecule has 0 spiro atoms. The van der Waals surface area contributed by atoms with Crippen LogP contribution in [0.1, 0.15) is 25.0 Å². The lowest BCUT2D eigenvalue weighted by Crippen LogP contribution is -2.21. The van der Waals surface area contributed by atoms with Gasteiger partial charge in [0.2, 0.25) is 0 Å². The third-order valence-electron chi connectivity index (χ3n) is 5.73. The van der Waals surface area contributed by atoms with Crippen molar-refractivity contribution in [3.05, 3.63) is 78.1 Å². The van der Waals surface area contributed by atoms with Crippen LogP contribution in [0.5, 0.6) is 5.75 Å². The minimum Gasteiger partial charge on any atom is -0.507 e. The number of nitrogens with one attached hydrogen (secondary N) is 1. The lowest BCUT2D eigenvalue weighted by Gasteiger charge is -2.21. The van der Waals surface area contributed by atoms with Crippen LogP contribution in [0.3, 0.4) is 0 Å². The zero-order chi connectivity index (χ0) is 26.2. The summed E-state index contributed by atoms with van der Waals surface area (Å²) >= 11 is 1.26. The molecule has 0 aliphatic heterocycles. The molecule has 1 amide bonds. The zero-order valence-corrected chi connectivity index (χ0v) is 21.8. The van der Waals surface area contributed by atoms with Gasteiger partial charge in [-0.05, 0) is 57.2 Å². The van der Waals surface area contributed by atoms with Gasteiger partial charge in [-0.25, -0.2) is 5.43 Å². The van der Waals surface area contributed by atoms with Gasteiger partial charge in [0.1, 0.15) is 5.75 Å². The highest BCUT2D eigenvalue weighted by Crippen LogP contribution is 2.28. The Bertz CT molecular complexity index is 1370. The molecule has 4 aromatic rings. The largest absolute Gasteiger partial charge is 0.507 e. The highest BCUT2D eigenvalue weighted by Gasteiger charge is 2.17. The predicted octanol–water partition coefficient (Wildman–Crippen LogP) is 4.43. The van der Waals surface area contributed by atoms with E-state index in [4.69, 9.17) is 0 Å². The van der Waals surface area contributed by atoms with Crippen LogP contribution < -0.4 is 10.3 Å². The van der Waals surface area contributed by atoms with Crippen LogP contribution in [0, 0.1) is 6.92 Å². The SMILES string of the molecule is CCN(CC)c1ccc(/C=N\NC(=O)CSc2nnc(-c3ccncc3)n2-c2ccc(C)cc2)c(O)c1. The molecule has 190 valence electrons. The Morgan fingerprint density at radius 3 is 2.49 bits per heavy atom. The van der Waals surface area contributed by atoms with Crippen molar-refractivity contribution >= 4 is 29.6 Å². The van der Waals surface area contributed by atoms with Crippen LogP contribution in [0.4, 0.5) is 5.69 Å². The molecule has 2 aromatic heterocycles. The lowest BCUT2D eigenvalue weighted by molar-refractivity contribution is -0.118. The van der Waals surface area contributed by atoms with Crippen molar-refractivity contribution < 1.29 is 9.90 Å². The second-order valence-electron chi connectivity index (χ2n) is 8.21. The zero-order valence-electron chi connectivity index (χ0n) is 21.0. The van der Waals surface area contributed by atoms with Crippen molar-refractivity contribution in [3.63, 3.8) is 0 Å². The summed E-state index contributed by atoms with van der Waals surface area (Å²) in [6.45, 7) is 7.84. The summed E-state index contributed by atoms with van der Waals surface area (Å²) in [5.74, 6) is 0.553. The molecule has 10 heteroatoms. The van der Waals surface area contributed by atoms with Crippen LogP contribution in [0.25, 0.3) is 17.1 Å². The molecule has 0 saturated heterocycles. The number of hydrogen-bond acceptors (Lipinski definition) is 8. The highest BCUT2D eigenvalue weighted by atomic mass is 32.2. The van der Waals surface area contributed by atoms with Crippen molar-refractivity contribution in [2.75, 3.05) is 23.7 Å². The number of amides is 1. The summed E-state index contributed by atoms with van der Waals surface area (Å²) in [6.07, 6.45) is 4.84. The Morgan fingerprint density at radius 2 is 1.81 bits per heavy atom. The van der Waals surface area contributed by atoms with Gasteiger partial charge in [0.05, 0.1) is 12.0 Å². The Balaban J connectivity index is 1.44. The summed E-state index contributed by atoms with van der Waals surface area (Å²) in [7, 11) is 0. The summed E-state index contributed by atoms with van der Waals surface area (Å²) in [6, 6.07) is 17.2. The van der Waals surface area contributed by atoms with E-state index in [0.717, 1.165) is 35.6 Å². The number of hydrazone groups is 1. The monoisotopic (exact) mass is 515 g/mol. The molecule has 37 heavy (non-hydrogen) atoms. The molecule has 0 aliphatic rings.